The number of benzene rings is 2. The van der Waals surface area contributed by atoms with Crippen LogP contribution in [-0.2, 0) is 11.2 Å². The lowest BCUT2D eigenvalue weighted by Gasteiger charge is -2.21. The standard InChI is InChI=1S/C28H30N6O/c1-19-6-10-22(11-7-19)17-24(18-32-26(35)14-15-29)34-27-25(5-4-16-31-27)33(28(34)30)21(3)23-12-8-20(2)9-13-23/h4-13,16,21,24,30H,14,17-18H2,1-3H3,(H,32,35)/t21?,24-/m0/s1. The van der Waals surface area contributed by atoms with Gasteiger partial charge in [-0.1, -0.05) is 59.7 Å². The van der Waals surface area contributed by atoms with E-state index in [0.717, 1.165) is 16.6 Å². The number of fused-ring (bicyclic) bond motifs is 1. The fourth-order valence-corrected chi connectivity index (χ4v) is 4.44. The Morgan fingerprint density at radius 3 is 2.37 bits per heavy atom. The molecule has 2 atom stereocenters. The highest BCUT2D eigenvalue weighted by molar-refractivity contribution is 5.78. The van der Waals surface area contributed by atoms with Crippen molar-refractivity contribution in [3.63, 3.8) is 0 Å². The minimum Gasteiger partial charge on any atom is -0.353 e. The van der Waals surface area contributed by atoms with Gasteiger partial charge in [0.2, 0.25) is 11.5 Å². The molecule has 0 spiro atoms. The second kappa shape index (κ2) is 10.4. The molecule has 35 heavy (non-hydrogen) atoms. The highest BCUT2D eigenvalue weighted by Crippen LogP contribution is 2.25. The molecule has 2 heterocycles. The Labute approximate surface area is 205 Å². The molecule has 0 bridgehead atoms. The van der Waals surface area contributed by atoms with Crippen LogP contribution in [0.15, 0.2) is 66.9 Å². The van der Waals surface area contributed by atoms with Crippen LogP contribution in [0.3, 0.4) is 0 Å². The number of rotatable bonds is 8. The molecule has 1 unspecified atom stereocenters. The van der Waals surface area contributed by atoms with Crippen LogP contribution < -0.4 is 10.9 Å². The maximum atomic E-state index is 12.1. The van der Waals surface area contributed by atoms with Crippen LogP contribution >= 0.6 is 0 Å². The summed E-state index contributed by atoms with van der Waals surface area (Å²) in [4.78, 5) is 16.8. The van der Waals surface area contributed by atoms with Crippen molar-refractivity contribution in [2.24, 2.45) is 0 Å². The lowest BCUT2D eigenvalue weighted by molar-refractivity contribution is -0.120. The summed E-state index contributed by atoms with van der Waals surface area (Å²) < 4.78 is 3.90. The molecule has 4 rings (SSSR count). The second-order valence-corrected chi connectivity index (χ2v) is 8.98. The number of nitrogens with zero attached hydrogens (tertiary/aromatic N) is 4. The van der Waals surface area contributed by atoms with Crippen LogP contribution in [0.4, 0.5) is 0 Å². The quantitative estimate of drug-likeness (QED) is 0.404. The van der Waals surface area contributed by atoms with Gasteiger partial charge in [0.1, 0.15) is 6.42 Å². The first-order valence-electron chi connectivity index (χ1n) is 11.8. The molecule has 0 aliphatic heterocycles. The molecule has 0 saturated heterocycles. The summed E-state index contributed by atoms with van der Waals surface area (Å²) in [6, 6.07) is 22.1. The Morgan fingerprint density at radius 1 is 1.06 bits per heavy atom. The number of nitrogens with one attached hydrogen (secondary N) is 2. The molecule has 7 heteroatoms. The van der Waals surface area contributed by atoms with Gasteiger partial charge >= 0.3 is 0 Å². The lowest BCUT2D eigenvalue weighted by atomic mass is 10.0. The van der Waals surface area contributed by atoms with E-state index in [-0.39, 0.29) is 24.4 Å². The molecule has 1 amide bonds. The first kappa shape index (κ1) is 24.0. The van der Waals surface area contributed by atoms with Gasteiger partial charge in [-0.25, -0.2) is 4.98 Å². The van der Waals surface area contributed by atoms with E-state index >= 15 is 0 Å². The molecule has 0 aliphatic carbocycles. The summed E-state index contributed by atoms with van der Waals surface area (Å²) >= 11 is 0. The first-order valence-corrected chi connectivity index (χ1v) is 11.8. The molecule has 2 N–H and O–H groups in total. The van der Waals surface area contributed by atoms with E-state index in [2.05, 4.69) is 72.7 Å². The third kappa shape index (κ3) is 5.17. The zero-order chi connectivity index (χ0) is 24.9. The molecule has 2 aromatic heterocycles. The summed E-state index contributed by atoms with van der Waals surface area (Å²) in [6.07, 6.45) is 2.15. The van der Waals surface area contributed by atoms with Gasteiger partial charge in [0.15, 0.2) is 5.65 Å². The second-order valence-electron chi connectivity index (χ2n) is 8.98. The number of hydrogen-bond acceptors (Lipinski definition) is 4. The molecule has 4 aromatic rings. The molecule has 0 saturated carbocycles. The normalized spacial score (nSPS) is 12.7. The molecule has 0 aliphatic rings. The molecule has 7 nitrogen and oxygen atoms in total. The van der Waals surface area contributed by atoms with Gasteiger partial charge in [-0.05, 0) is 50.5 Å². The van der Waals surface area contributed by atoms with Crippen LogP contribution in [0, 0.1) is 30.6 Å². The van der Waals surface area contributed by atoms with Crippen LogP contribution in [-0.4, -0.2) is 26.6 Å². The number of imidazole rings is 1. The Balaban J connectivity index is 1.81. The van der Waals surface area contributed by atoms with E-state index in [9.17, 15) is 10.2 Å². The minimum absolute atomic E-state index is 0.0794. The van der Waals surface area contributed by atoms with Gasteiger partial charge in [0, 0.05) is 12.7 Å². The van der Waals surface area contributed by atoms with E-state index in [0.29, 0.717) is 24.2 Å². The van der Waals surface area contributed by atoms with Gasteiger partial charge in [-0.3, -0.25) is 14.8 Å². The van der Waals surface area contributed by atoms with E-state index < -0.39 is 0 Å². The van der Waals surface area contributed by atoms with Crippen molar-refractivity contribution in [2.75, 3.05) is 6.54 Å². The molecule has 2 aromatic carbocycles. The third-order valence-corrected chi connectivity index (χ3v) is 6.39. The summed E-state index contributed by atoms with van der Waals surface area (Å²) in [6.45, 7) is 6.48. The topological polar surface area (TPSA) is 99.5 Å². The fraction of sp³-hybridized carbons (Fsp3) is 0.286. The lowest BCUT2D eigenvalue weighted by Crippen LogP contribution is -2.37. The molecule has 0 fully saturated rings. The van der Waals surface area contributed by atoms with E-state index in [1.54, 1.807) is 6.20 Å². The maximum absolute atomic E-state index is 12.1. The van der Waals surface area contributed by atoms with Crippen molar-refractivity contribution in [3.05, 3.63) is 94.7 Å². The van der Waals surface area contributed by atoms with E-state index in [4.69, 9.17) is 5.26 Å². The number of hydrogen-bond donors (Lipinski definition) is 2. The highest BCUT2D eigenvalue weighted by Gasteiger charge is 2.23. The first-order chi connectivity index (χ1) is 16.9. The summed E-state index contributed by atoms with van der Waals surface area (Å²) in [5, 5.41) is 21.0. The molecular formula is C28H30N6O. The number of aromatic nitrogens is 3. The Morgan fingerprint density at radius 2 is 1.71 bits per heavy atom. The SMILES string of the molecule is Cc1ccc(C[C@@H](CNC(=O)CC#N)n2c(=N)n(C(C)c3ccc(C)cc3)c3cccnc32)cc1. The van der Waals surface area contributed by atoms with Gasteiger partial charge in [0.25, 0.3) is 0 Å². The van der Waals surface area contributed by atoms with Crippen molar-refractivity contribution in [2.45, 2.75) is 45.7 Å². The number of pyridine rings is 1. The average molecular weight is 467 g/mol. The number of carbonyl (C=O) groups is 1. The van der Waals surface area contributed by atoms with Crippen molar-refractivity contribution in [1.82, 2.24) is 19.4 Å². The maximum Gasteiger partial charge on any atom is 0.234 e. The van der Waals surface area contributed by atoms with Crippen molar-refractivity contribution in [1.29, 1.82) is 10.7 Å². The van der Waals surface area contributed by atoms with Gasteiger partial charge in [-0.15, -0.1) is 0 Å². The summed E-state index contributed by atoms with van der Waals surface area (Å²) in [5.74, 6) is -0.321. The third-order valence-electron chi connectivity index (χ3n) is 6.39. The summed E-state index contributed by atoms with van der Waals surface area (Å²) in [5.41, 5.74) is 6.45. The number of aryl methyl sites for hydroxylation is 2. The van der Waals surface area contributed by atoms with Gasteiger partial charge in [0.05, 0.1) is 23.7 Å². The average Bonchev–Trinajstić information content (AvgIpc) is 3.15. The summed E-state index contributed by atoms with van der Waals surface area (Å²) in [7, 11) is 0. The van der Waals surface area contributed by atoms with Crippen LogP contribution in [0.1, 0.15) is 47.7 Å². The van der Waals surface area contributed by atoms with Gasteiger partial charge in [-0.2, -0.15) is 5.26 Å². The van der Waals surface area contributed by atoms with Crippen molar-refractivity contribution >= 4 is 17.1 Å². The van der Waals surface area contributed by atoms with E-state index in [1.807, 2.05) is 34.3 Å². The largest absolute Gasteiger partial charge is 0.353 e. The monoisotopic (exact) mass is 466 g/mol. The van der Waals surface area contributed by atoms with Gasteiger partial charge < -0.3 is 9.88 Å². The number of nitriles is 1. The number of carbonyl (C=O) groups excluding carboxylic acids is 1. The Hall–Kier alpha value is -4.18. The van der Waals surface area contributed by atoms with Crippen molar-refractivity contribution < 1.29 is 4.79 Å². The van der Waals surface area contributed by atoms with Crippen LogP contribution in [0.2, 0.25) is 0 Å². The van der Waals surface area contributed by atoms with Crippen molar-refractivity contribution in [3.8, 4) is 6.07 Å². The molecule has 178 valence electrons. The minimum atomic E-state index is -0.321. The zero-order valence-corrected chi connectivity index (χ0v) is 20.3. The Kier molecular flexibility index (Phi) is 7.11. The Bertz CT molecular complexity index is 1420. The van der Waals surface area contributed by atoms with Crippen LogP contribution in [0.25, 0.3) is 11.2 Å². The molecular weight excluding hydrogens is 436 g/mol. The molecule has 0 radical (unpaired) electrons. The number of amides is 1. The zero-order valence-electron chi connectivity index (χ0n) is 20.3. The smallest absolute Gasteiger partial charge is 0.234 e. The van der Waals surface area contributed by atoms with E-state index in [1.165, 1.54) is 11.1 Å². The van der Waals surface area contributed by atoms with Crippen LogP contribution in [0.5, 0.6) is 0 Å². The highest BCUT2D eigenvalue weighted by atomic mass is 16.1. The predicted octanol–water partition coefficient (Wildman–Crippen LogP) is 4.36. The predicted molar refractivity (Wildman–Crippen MR) is 136 cm³/mol. The fourth-order valence-electron chi connectivity index (χ4n) is 4.44.